The highest BCUT2D eigenvalue weighted by Gasteiger charge is 2.43. The van der Waals surface area contributed by atoms with Gasteiger partial charge in [0.15, 0.2) is 11.5 Å². The summed E-state index contributed by atoms with van der Waals surface area (Å²) in [5.41, 5.74) is 1.75. The predicted octanol–water partition coefficient (Wildman–Crippen LogP) is 7.93. The Morgan fingerprint density at radius 1 is 0.780 bits per heavy atom. The predicted molar refractivity (Wildman–Crippen MR) is 163 cm³/mol. The van der Waals surface area contributed by atoms with Crippen molar-refractivity contribution >= 4 is 74.4 Å². The maximum absolute atomic E-state index is 13.6. The molecule has 0 radical (unpaired) electrons. The second kappa shape index (κ2) is 12.2. The number of hydrogen-bond acceptors (Lipinski definition) is 5. The fraction of sp³-hybridized carbons (Fsp3) is 0.0645. The molecule has 0 N–H and O–H groups in total. The number of carbonyl (C=O) groups is 3. The zero-order valence-electron chi connectivity index (χ0n) is 21.5. The molecule has 1 heterocycles. The van der Waals surface area contributed by atoms with Gasteiger partial charge in [0, 0.05) is 0 Å². The largest absolute Gasteiger partial charge is 0.493 e. The van der Waals surface area contributed by atoms with Crippen LogP contribution in [0, 0.1) is 0 Å². The first-order valence-corrected chi connectivity index (χ1v) is 13.8. The number of carbonyl (C=O) groups excluding carboxylic acids is 3. The highest BCUT2D eigenvalue weighted by Crippen LogP contribution is 2.39. The molecule has 4 amide bonds. The standard InChI is InChI=1S/C31H21BrCl2N2O5/c1-40-27-17-20(15-24(32)28(27)41-18-19-12-13-25(33)26(34)16-19)14-23-29(37)35(21-8-4-2-5-9-21)31(39)36(30(23)38)22-10-6-3-7-11-22/h2-17H,18H2,1H3. The van der Waals surface area contributed by atoms with Crippen LogP contribution in [-0.4, -0.2) is 25.0 Å². The zero-order valence-corrected chi connectivity index (χ0v) is 24.6. The Morgan fingerprint density at radius 3 is 1.90 bits per heavy atom. The van der Waals surface area contributed by atoms with Crippen LogP contribution in [0.5, 0.6) is 11.5 Å². The number of amides is 4. The minimum absolute atomic E-state index is 0.184. The van der Waals surface area contributed by atoms with E-state index < -0.39 is 17.8 Å². The minimum Gasteiger partial charge on any atom is -0.493 e. The van der Waals surface area contributed by atoms with Gasteiger partial charge in [-0.05, 0) is 81.7 Å². The molecule has 1 fully saturated rings. The van der Waals surface area contributed by atoms with E-state index in [-0.39, 0.29) is 12.2 Å². The van der Waals surface area contributed by atoms with Gasteiger partial charge >= 0.3 is 6.03 Å². The number of anilines is 2. The van der Waals surface area contributed by atoms with Gasteiger partial charge in [0.05, 0.1) is 33.0 Å². The summed E-state index contributed by atoms with van der Waals surface area (Å²) in [5.74, 6) is -0.714. The summed E-state index contributed by atoms with van der Waals surface area (Å²) in [6.45, 7) is 0.184. The summed E-state index contributed by atoms with van der Waals surface area (Å²) in [5, 5.41) is 0.854. The van der Waals surface area contributed by atoms with Gasteiger partial charge in [-0.25, -0.2) is 14.6 Å². The van der Waals surface area contributed by atoms with Crippen molar-refractivity contribution in [2.75, 3.05) is 16.9 Å². The van der Waals surface area contributed by atoms with Crippen LogP contribution in [0.1, 0.15) is 11.1 Å². The lowest BCUT2D eigenvalue weighted by atomic mass is 10.0. The van der Waals surface area contributed by atoms with Crippen LogP contribution in [0.3, 0.4) is 0 Å². The number of halogens is 3. The molecule has 0 bridgehead atoms. The first-order chi connectivity index (χ1) is 19.8. The summed E-state index contributed by atoms with van der Waals surface area (Å²) >= 11 is 15.6. The van der Waals surface area contributed by atoms with Gasteiger partial charge in [-0.2, -0.15) is 0 Å². The van der Waals surface area contributed by atoms with Crippen molar-refractivity contribution in [3.8, 4) is 11.5 Å². The number of urea groups is 1. The van der Waals surface area contributed by atoms with Gasteiger partial charge in [0.1, 0.15) is 12.2 Å². The highest BCUT2D eigenvalue weighted by molar-refractivity contribution is 9.10. The number of hydrogen-bond donors (Lipinski definition) is 0. The van der Waals surface area contributed by atoms with Crippen LogP contribution < -0.4 is 19.3 Å². The van der Waals surface area contributed by atoms with Crippen molar-refractivity contribution in [1.82, 2.24) is 0 Å². The van der Waals surface area contributed by atoms with Gasteiger partial charge in [0.2, 0.25) is 0 Å². The third kappa shape index (κ3) is 5.86. The van der Waals surface area contributed by atoms with Crippen molar-refractivity contribution < 1.29 is 23.9 Å². The van der Waals surface area contributed by atoms with Gasteiger partial charge in [0.25, 0.3) is 11.8 Å². The van der Waals surface area contributed by atoms with Crippen molar-refractivity contribution in [2.24, 2.45) is 0 Å². The normalized spacial score (nSPS) is 13.5. The molecular formula is C31H21BrCl2N2O5. The third-order valence-electron chi connectivity index (χ3n) is 6.21. The van der Waals surface area contributed by atoms with Gasteiger partial charge in [-0.15, -0.1) is 0 Å². The third-order valence-corrected chi connectivity index (χ3v) is 7.54. The fourth-order valence-electron chi connectivity index (χ4n) is 4.25. The Labute approximate surface area is 254 Å². The van der Waals surface area contributed by atoms with Gasteiger partial charge in [-0.1, -0.05) is 65.7 Å². The van der Waals surface area contributed by atoms with Crippen molar-refractivity contribution in [2.45, 2.75) is 6.61 Å². The monoisotopic (exact) mass is 650 g/mol. The van der Waals surface area contributed by atoms with Crippen LogP contribution in [0.15, 0.2) is 101 Å². The summed E-state index contributed by atoms with van der Waals surface area (Å²) < 4.78 is 12.1. The van der Waals surface area contributed by atoms with Crippen molar-refractivity contribution in [3.05, 3.63) is 122 Å². The molecule has 0 atom stereocenters. The lowest BCUT2D eigenvalue weighted by Crippen LogP contribution is -2.57. The number of para-hydroxylation sites is 2. The molecule has 0 aliphatic carbocycles. The molecule has 41 heavy (non-hydrogen) atoms. The minimum atomic E-state index is -0.764. The van der Waals surface area contributed by atoms with Crippen LogP contribution in [-0.2, 0) is 16.2 Å². The van der Waals surface area contributed by atoms with Crippen LogP contribution in [0.25, 0.3) is 6.08 Å². The number of rotatable bonds is 7. The molecule has 1 aliphatic heterocycles. The summed E-state index contributed by atoms with van der Waals surface area (Å²) in [7, 11) is 1.48. The van der Waals surface area contributed by atoms with Crippen LogP contribution in [0.4, 0.5) is 16.2 Å². The van der Waals surface area contributed by atoms with E-state index in [2.05, 4.69) is 15.9 Å². The molecule has 0 saturated carbocycles. The number of ether oxygens (including phenoxy) is 2. The number of barbiturate groups is 1. The van der Waals surface area contributed by atoms with Gasteiger partial charge in [-0.3, -0.25) is 9.59 Å². The molecule has 7 nitrogen and oxygen atoms in total. The molecule has 0 unspecified atom stereocenters. The molecule has 0 spiro atoms. The second-order valence-electron chi connectivity index (χ2n) is 8.86. The smallest absolute Gasteiger partial charge is 0.343 e. The summed E-state index contributed by atoms with van der Waals surface area (Å²) in [6.07, 6.45) is 1.43. The number of benzene rings is 4. The lowest BCUT2D eigenvalue weighted by Gasteiger charge is -2.34. The fourth-order valence-corrected chi connectivity index (χ4v) is 5.15. The Bertz CT molecular complexity index is 1620. The summed E-state index contributed by atoms with van der Waals surface area (Å²) in [6, 6.07) is 24.7. The first-order valence-electron chi connectivity index (χ1n) is 12.3. The topological polar surface area (TPSA) is 76.2 Å². The SMILES string of the molecule is COc1cc(C=C2C(=O)N(c3ccccc3)C(=O)N(c3ccccc3)C2=O)cc(Br)c1OCc1ccc(Cl)c(Cl)c1. The van der Waals surface area contributed by atoms with Crippen molar-refractivity contribution in [3.63, 3.8) is 0 Å². The summed E-state index contributed by atoms with van der Waals surface area (Å²) in [4.78, 5) is 42.8. The van der Waals surface area contributed by atoms with E-state index in [1.807, 2.05) is 0 Å². The Balaban J connectivity index is 1.53. The lowest BCUT2D eigenvalue weighted by molar-refractivity contribution is -0.121. The van der Waals surface area contributed by atoms with E-state index in [4.69, 9.17) is 32.7 Å². The zero-order chi connectivity index (χ0) is 29.1. The molecule has 206 valence electrons. The Hall–Kier alpha value is -4.11. The quantitative estimate of drug-likeness (QED) is 0.150. The molecule has 4 aromatic carbocycles. The van der Waals surface area contributed by atoms with Gasteiger partial charge < -0.3 is 9.47 Å². The molecule has 0 aromatic heterocycles. The average molecular weight is 652 g/mol. The van der Waals surface area contributed by atoms with E-state index >= 15 is 0 Å². The van der Waals surface area contributed by atoms with Crippen LogP contribution in [0.2, 0.25) is 10.0 Å². The van der Waals surface area contributed by atoms with E-state index in [9.17, 15) is 14.4 Å². The van der Waals surface area contributed by atoms with E-state index in [0.29, 0.717) is 43.0 Å². The van der Waals surface area contributed by atoms with E-state index in [0.717, 1.165) is 15.4 Å². The number of imide groups is 2. The molecule has 1 aliphatic rings. The maximum atomic E-state index is 13.6. The molecular weight excluding hydrogens is 631 g/mol. The second-order valence-corrected chi connectivity index (χ2v) is 10.5. The molecule has 5 rings (SSSR count). The highest BCUT2D eigenvalue weighted by atomic mass is 79.9. The van der Waals surface area contributed by atoms with E-state index in [1.54, 1.807) is 91.0 Å². The van der Waals surface area contributed by atoms with E-state index in [1.165, 1.54) is 13.2 Å². The number of nitrogens with zero attached hydrogens (tertiary/aromatic N) is 2. The van der Waals surface area contributed by atoms with Crippen molar-refractivity contribution in [1.29, 1.82) is 0 Å². The molecule has 4 aromatic rings. The first kappa shape index (κ1) is 28.4. The van der Waals surface area contributed by atoms with Crippen LogP contribution >= 0.6 is 39.1 Å². The Kier molecular flexibility index (Phi) is 8.44. The Morgan fingerprint density at radius 2 is 1.37 bits per heavy atom. The molecule has 1 saturated heterocycles. The average Bonchev–Trinajstić information content (AvgIpc) is 2.97. The maximum Gasteiger partial charge on any atom is 0.343 e. The number of methoxy groups -OCH3 is 1. The molecule has 10 heteroatoms.